The molecule has 1 aromatic rings. The van der Waals surface area contributed by atoms with Crippen LogP contribution in [0, 0.1) is 11.8 Å². The first-order valence-corrected chi connectivity index (χ1v) is 6.36. The maximum atomic E-state index is 12.3. The molecule has 22 heavy (non-hydrogen) atoms. The van der Waals surface area contributed by atoms with Crippen molar-refractivity contribution in [1.82, 2.24) is 14.8 Å². The van der Waals surface area contributed by atoms with Crippen LogP contribution in [0.4, 0.5) is 4.39 Å². The molecule has 1 aliphatic rings. The normalized spacial score (nSPS) is 32.3. The zero-order chi connectivity index (χ0) is 16.5. The first kappa shape index (κ1) is 16.3. The first-order valence-electron chi connectivity index (χ1n) is 6.36. The Bertz CT molecular complexity index is 720. The van der Waals surface area contributed by atoms with E-state index in [1.165, 1.54) is 6.92 Å². The molecule has 0 amide bonds. The minimum atomic E-state index is -1.89. The molecule has 0 radical (unpaired) electrons. The number of aromatic amines is 1. The number of nitrogens with two attached hydrogens (primary N) is 1. The van der Waals surface area contributed by atoms with Gasteiger partial charge < -0.3 is 20.7 Å². The standard InChI is InChI=1S/C12H15FN4O5/c1-6(18)8-9(20)12(14,3-2-4-13)10(22-8)17-11(21)16-7(19)5-15-17/h5-6,8-10,18,20H,4,14H2,1H3,(H,16,19,21)/t6-,8+,9?,10+,12+/m0/s1. The monoisotopic (exact) mass is 314 g/mol. The molecular formula is C12H15FN4O5. The van der Waals surface area contributed by atoms with Crippen LogP contribution in [0.2, 0.25) is 0 Å². The second-order valence-corrected chi connectivity index (χ2v) is 4.89. The molecule has 5 atom stereocenters. The van der Waals surface area contributed by atoms with E-state index < -0.39 is 48.0 Å². The van der Waals surface area contributed by atoms with Gasteiger partial charge in [-0.1, -0.05) is 11.8 Å². The van der Waals surface area contributed by atoms with Crippen molar-refractivity contribution in [1.29, 1.82) is 0 Å². The van der Waals surface area contributed by atoms with E-state index in [0.717, 1.165) is 6.20 Å². The minimum absolute atomic E-state index is 0.680. The third-order valence-corrected chi connectivity index (χ3v) is 3.30. The van der Waals surface area contributed by atoms with Crippen molar-refractivity contribution in [2.45, 2.75) is 37.0 Å². The largest absolute Gasteiger partial charge is 0.391 e. The van der Waals surface area contributed by atoms with E-state index in [4.69, 9.17) is 10.5 Å². The van der Waals surface area contributed by atoms with Gasteiger partial charge in [-0.2, -0.15) is 9.78 Å². The lowest BCUT2D eigenvalue weighted by Gasteiger charge is -2.27. The molecule has 0 spiro atoms. The van der Waals surface area contributed by atoms with Crippen molar-refractivity contribution >= 4 is 0 Å². The van der Waals surface area contributed by atoms with Gasteiger partial charge in [-0.3, -0.25) is 9.78 Å². The molecule has 2 rings (SSSR count). The number of ether oxygens (including phenoxy) is 1. The van der Waals surface area contributed by atoms with E-state index in [1.54, 1.807) is 0 Å². The predicted molar refractivity (Wildman–Crippen MR) is 71.4 cm³/mol. The highest BCUT2D eigenvalue weighted by molar-refractivity contribution is 5.25. The average molecular weight is 314 g/mol. The highest BCUT2D eigenvalue weighted by atomic mass is 19.1. The molecule has 1 saturated heterocycles. The maximum Gasteiger partial charge on any atom is 0.347 e. The van der Waals surface area contributed by atoms with Crippen molar-refractivity contribution < 1.29 is 19.3 Å². The summed E-state index contributed by atoms with van der Waals surface area (Å²) in [6.07, 6.45) is -4.39. The molecule has 120 valence electrons. The molecule has 0 bridgehead atoms. The fourth-order valence-corrected chi connectivity index (χ4v) is 2.24. The number of hydrogen-bond donors (Lipinski definition) is 4. The topological polar surface area (TPSA) is 143 Å². The Balaban J connectivity index is 2.55. The summed E-state index contributed by atoms with van der Waals surface area (Å²) in [7, 11) is 0. The Kier molecular flexibility index (Phi) is 4.43. The van der Waals surface area contributed by atoms with Crippen LogP contribution in [0.1, 0.15) is 13.2 Å². The van der Waals surface area contributed by atoms with Crippen molar-refractivity contribution in [3.8, 4) is 11.8 Å². The molecule has 10 heteroatoms. The summed E-state index contributed by atoms with van der Waals surface area (Å²) >= 11 is 0. The van der Waals surface area contributed by atoms with Crippen LogP contribution < -0.4 is 17.0 Å². The number of hydrogen-bond acceptors (Lipinski definition) is 7. The summed E-state index contributed by atoms with van der Waals surface area (Å²) in [4.78, 5) is 24.8. The quantitative estimate of drug-likeness (QED) is 0.433. The Labute approximate surface area is 123 Å². The predicted octanol–water partition coefficient (Wildman–Crippen LogP) is -2.76. The Morgan fingerprint density at radius 1 is 1.68 bits per heavy atom. The number of nitrogens with one attached hydrogen (secondary N) is 1. The minimum Gasteiger partial charge on any atom is -0.391 e. The van der Waals surface area contributed by atoms with Gasteiger partial charge >= 0.3 is 5.69 Å². The van der Waals surface area contributed by atoms with E-state index >= 15 is 0 Å². The van der Waals surface area contributed by atoms with E-state index in [2.05, 4.69) is 16.9 Å². The lowest BCUT2D eigenvalue weighted by Crippen LogP contribution is -2.56. The molecule has 1 aliphatic heterocycles. The van der Waals surface area contributed by atoms with E-state index in [1.807, 2.05) is 4.98 Å². The summed E-state index contributed by atoms with van der Waals surface area (Å²) in [6, 6.07) is 0. The molecule has 1 fully saturated rings. The SMILES string of the molecule is C[C@H](O)[C@H]1O[C@@H](n2ncc(=O)[nH]c2=O)[C@@](N)(C#CCF)C1O. The summed E-state index contributed by atoms with van der Waals surface area (Å²) in [5.74, 6) is 4.38. The highest BCUT2D eigenvalue weighted by Gasteiger charge is 2.56. The van der Waals surface area contributed by atoms with Crippen LogP contribution in [0.15, 0.2) is 15.8 Å². The molecule has 0 aliphatic carbocycles. The maximum absolute atomic E-state index is 12.3. The van der Waals surface area contributed by atoms with Gasteiger partial charge in [0.05, 0.1) is 6.10 Å². The third kappa shape index (κ3) is 2.67. The van der Waals surface area contributed by atoms with Gasteiger partial charge in [0.15, 0.2) is 11.8 Å². The van der Waals surface area contributed by atoms with Crippen molar-refractivity contribution in [2.24, 2.45) is 5.73 Å². The molecule has 1 unspecified atom stereocenters. The number of nitrogens with zero attached hydrogens (tertiary/aromatic N) is 2. The van der Waals surface area contributed by atoms with Crippen molar-refractivity contribution in [2.75, 3.05) is 6.67 Å². The summed E-state index contributed by atoms with van der Waals surface area (Å²) < 4.78 is 18.4. The molecule has 9 nitrogen and oxygen atoms in total. The van der Waals surface area contributed by atoms with E-state index in [0.29, 0.717) is 4.68 Å². The van der Waals surface area contributed by atoms with Gasteiger partial charge in [0.2, 0.25) is 0 Å². The van der Waals surface area contributed by atoms with Gasteiger partial charge in [0.25, 0.3) is 5.56 Å². The second kappa shape index (κ2) is 5.98. The van der Waals surface area contributed by atoms with Gasteiger partial charge in [-0.25, -0.2) is 9.18 Å². The van der Waals surface area contributed by atoms with Crippen molar-refractivity contribution in [3.05, 3.63) is 27.0 Å². The number of H-pyrrole nitrogens is 1. The van der Waals surface area contributed by atoms with E-state index in [-0.39, 0.29) is 0 Å². The molecule has 2 heterocycles. The van der Waals surface area contributed by atoms with Gasteiger partial charge in [0, 0.05) is 0 Å². The van der Waals surface area contributed by atoms with Crippen molar-refractivity contribution in [3.63, 3.8) is 0 Å². The first-order chi connectivity index (χ1) is 10.3. The number of rotatable bonds is 2. The van der Waals surface area contributed by atoms with Crippen LogP contribution in [-0.4, -0.2) is 55.5 Å². The molecule has 5 N–H and O–H groups in total. The van der Waals surface area contributed by atoms with E-state index in [9.17, 15) is 24.2 Å². The van der Waals surface area contributed by atoms with Crippen LogP contribution in [0.25, 0.3) is 0 Å². The van der Waals surface area contributed by atoms with Gasteiger partial charge in [-0.05, 0) is 6.92 Å². The number of aliphatic hydroxyl groups is 2. The lowest BCUT2D eigenvalue weighted by atomic mass is 9.90. The number of alkyl halides is 1. The Morgan fingerprint density at radius 3 is 2.91 bits per heavy atom. The molecule has 0 saturated carbocycles. The fraction of sp³-hybridized carbons (Fsp3) is 0.583. The lowest BCUT2D eigenvalue weighted by molar-refractivity contribution is -0.0817. The van der Waals surface area contributed by atoms with Crippen LogP contribution in [-0.2, 0) is 4.74 Å². The summed E-state index contributed by atoms with van der Waals surface area (Å²) in [5.41, 5.74) is 2.43. The summed E-state index contributed by atoms with van der Waals surface area (Å²) in [6.45, 7) is 0.327. The fourth-order valence-electron chi connectivity index (χ4n) is 2.24. The van der Waals surface area contributed by atoms with Gasteiger partial charge in [-0.15, -0.1) is 0 Å². The van der Waals surface area contributed by atoms with Crippen LogP contribution in [0.5, 0.6) is 0 Å². The number of halogens is 1. The number of aromatic nitrogens is 3. The van der Waals surface area contributed by atoms with Gasteiger partial charge in [0.1, 0.15) is 25.1 Å². The highest BCUT2D eigenvalue weighted by Crippen LogP contribution is 2.36. The Morgan fingerprint density at radius 2 is 2.36 bits per heavy atom. The third-order valence-electron chi connectivity index (χ3n) is 3.30. The zero-order valence-electron chi connectivity index (χ0n) is 11.6. The van der Waals surface area contributed by atoms with Crippen LogP contribution >= 0.6 is 0 Å². The molecule has 1 aromatic heterocycles. The van der Waals surface area contributed by atoms with Crippen LogP contribution in [0.3, 0.4) is 0 Å². The molecule has 0 aromatic carbocycles. The summed E-state index contributed by atoms with van der Waals surface area (Å²) in [5, 5.41) is 23.5. The smallest absolute Gasteiger partial charge is 0.347 e. The number of aliphatic hydroxyl groups excluding tert-OH is 2. The zero-order valence-corrected chi connectivity index (χ0v) is 11.6. The Hall–Kier alpha value is -2.06. The second-order valence-electron chi connectivity index (χ2n) is 4.89. The molecular weight excluding hydrogens is 299 g/mol. The average Bonchev–Trinajstić information content (AvgIpc) is 2.70.